The Morgan fingerprint density at radius 2 is 1.74 bits per heavy atom. The molecule has 3 aromatic rings. The van der Waals surface area contributed by atoms with Gasteiger partial charge in [0.05, 0.1) is 12.7 Å². The van der Waals surface area contributed by atoms with Crippen molar-refractivity contribution in [3.8, 4) is 5.75 Å². The van der Waals surface area contributed by atoms with Crippen molar-refractivity contribution in [2.45, 2.75) is 10.6 Å². The van der Waals surface area contributed by atoms with E-state index in [2.05, 4.69) is 22.3 Å². The molecule has 5 nitrogen and oxygen atoms in total. The molecule has 2 aromatic carbocycles. The molecule has 0 radical (unpaired) electrons. The summed E-state index contributed by atoms with van der Waals surface area (Å²) in [7, 11) is 1.56. The minimum absolute atomic E-state index is 0.356. The van der Waals surface area contributed by atoms with E-state index in [0.717, 1.165) is 10.6 Å². The fraction of sp³-hybridized carbons (Fsp3) is 0.100. The second-order valence-electron chi connectivity index (χ2n) is 5.55. The normalized spacial score (nSPS) is 10.3. The van der Waals surface area contributed by atoms with Crippen LogP contribution in [0.5, 0.6) is 5.75 Å². The molecule has 27 heavy (non-hydrogen) atoms. The third-order valence-corrected chi connectivity index (χ3v) is 5.62. The van der Waals surface area contributed by atoms with Gasteiger partial charge in [-0.25, -0.2) is 0 Å². The van der Waals surface area contributed by atoms with Crippen LogP contribution in [0.3, 0.4) is 0 Å². The van der Waals surface area contributed by atoms with Gasteiger partial charge in [-0.15, -0.1) is 11.8 Å². The number of thioether (sulfide) groups is 1. The third-order valence-electron chi connectivity index (χ3n) is 3.75. The standard InChI is InChI=1S/C20H18N2O3S2/c1-25-16-8-6-15(7-9-16)19(23)21-22-20(24)17-4-2-3-5-18(17)27-13-14-10-11-26-12-14/h2-12H,13H2,1H3,(H,21,23)(H,22,24). The van der Waals surface area contributed by atoms with Crippen LogP contribution in [0.25, 0.3) is 0 Å². The molecule has 7 heteroatoms. The van der Waals surface area contributed by atoms with Gasteiger partial charge < -0.3 is 4.74 Å². The topological polar surface area (TPSA) is 67.4 Å². The Kier molecular flexibility index (Phi) is 6.51. The summed E-state index contributed by atoms with van der Waals surface area (Å²) in [6, 6.07) is 16.0. The number of methoxy groups -OCH3 is 1. The maximum Gasteiger partial charge on any atom is 0.270 e. The highest BCUT2D eigenvalue weighted by molar-refractivity contribution is 7.98. The first-order valence-corrected chi connectivity index (χ1v) is 10.1. The van der Waals surface area contributed by atoms with Gasteiger partial charge in [-0.3, -0.25) is 20.4 Å². The van der Waals surface area contributed by atoms with Crippen LogP contribution >= 0.6 is 23.1 Å². The molecule has 0 saturated heterocycles. The molecule has 0 aliphatic carbocycles. The monoisotopic (exact) mass is 398 g/mol. The Morgan fingerprint density at radius 3 is 2.44 bits per heavy atom. The number of hydrogen-bond donors (Lipinski definition) is 2. The molecule has 2 amide bonds. The molecule has 138 valence electrons. The van der Waals surface area contributed by atoms with E-state index in [9.17, 15) is 9.59 Å². The first-order valence-electron chi connectivity index (χ1n) is 8.15. The molecule has 0 aliphatic heterocycles. The van der Waals surface area contributed by atoms with Crippen LogP contribution in [0.2, 0.25) is 0 Å². The van der Waals surface area contributed by atoms with Crippen LogP contribution in [0.4, 0.5) is 0 Å². The number of ether oxygens (including phenoxy) is 1. The number of rotatable bonds is 6. The summed E-state index contributed by atoms with van der Waals surface area (Å²) >= 11 is 3.24. The Labute approximate surface area is 165 Å². The molecule has 0 fully saturated rings. The molecular formula is C20H18N2O3S2. The predicted octanol–water partition coefficient (Wildman–Crippen LogP) is 4.12. The summed E-state index contributed by atoms with van der Waals surface area (Å²) in [5, 5.41) is 4.12. The maximum absolute atomic E-state index is 12.5. The summed E-state index contributed by atoms with van der Waals surface area (Å²) in [4.78, 5) is 25.5. The SMILES string of the molecule is COc1ccc(C(=O)NNC(=O)c2ccccc2SCc2ccsc2)cc1. The van der Waals surface area contributed by atoms with Crippen molar-refractivity contribution in [2.75, 3.05) is 7.11 Å². The highest BCUT2D eigenvalue weighted by Gasteiger charge is 2.13. The number of hydrazine groups is 1. The largest absolute Gasteiger partial charge is 0.497 e. The molecular weight excluding hydrogens is 380 g/mol. The summed E-state index contributed by atoms with van der Waals surface area (Å²) < 4.78 is 5.06. The Bertz CT molecular complexity index is 909. The molecule has 0 aliphatic rings. The lowest BCUT2D eigenvalue weighted by Crippen LogP contribution is -2.41. The number of carbonyl (C=O) groups excluding carboxylic acids is 2. The van der Waals surface area contributed by atoms with Crippen LogP contribution in [-0.2, 0) is 5.75 Å². The first-order chi connectivity index (χ1) is 13.2. The van der Waals surface area contributed by atoms with Gasteiger partial charge in [0.1, 0.15) is 5.75 Å². The van der Waals surface area contributed by atoms with E-state index in [1.807, 2.05) is 17.5 Å². The van der Waals surface area contributed by atoms with Crippen molar-refractivity contribution >= 4 is 34.9 Å². The summed E-state index contributed by atoms with van der Waals surface area (Å²) in [6.07, 6.45) is 0. The number of hydrogen-bond acceptors (Lipinski definition) is 5. The van der Waals surface area contributed by atoms with Gasteiger partial charge in [0, 0.05) is 16.2 Å². The third kappa shape index (κ3) is 5.12. The molecule has 2 N–H and O–H groups in total. The first kappa shape index (κ1) is 19.0. The fourth-order valence-corrected chi connectivity index (χ4v) is 4.08. The number of thiophene rings is 1. The average Bonchev–Trinajstić information content (AvgIpc) is 3.24. The highest BCUT2D eigenvalue weighted by Crippen LogP contribution is 2.27. The molecule has 1 heterocycles. The Balaban J connectivity index is 1.61. The van der Waals surface area contributed by atoms with E-state index in [1.165, 1.54) is 5.56 Å². The van der Waals surface area contributed by atoms with Crippen LogP contribution in [-0.4, -0.2) is 18.9 Å². The average molecular weight is 399 g/mol. The zero-order valence-corrected chi connectivity index (χ0v) is 16.2. The van der Waals surface area contributed by atoms with E-state index < -0.39 is 5.91 Å². The van der Waals surface area contributed by atoms with E-state index in [0.29, 0.717) is 16.9 Å². The molecule has 0 spiro atoms. The minimum Gasteiger partial charge on any atom is -0.497 e. The van der Waals surface area contributed by atoms with Crippen molar-refractivity contribution in [1.82, 2.24) is 10.9 Å². The summed E-state index contributed by atoms with van der Waals surface area (Å²) in [6.45, 7) is 0. The Morgan fingerprint density at radius 1 is 1.00 bits per heavy atom. The molecule has 3 rings (SSSR count). The molecule has 0 saturated carbocycles. The minimum atomic E-state index is -0.394. The van der Waals surface area contributed by atoms with E-state index in [1.54, 1.807) is 66.6 Å². The van der Waals surface area contributed by atoms with E-state index >= 15 is 0 Å². The number of amides is 2. The molecule has 1 aromatic heterocycles. The van der Waals surface area contributed by atoms with Crippen LogP contribution < -0.4 is 15.6 Å². The number of benzene rings is 2. The van der Waals surface area contributed by atoms with Crippen LogP contribution in [0, 0.1) is 0 Å². The van der Waals surface area contributed by atoms with Gasteiger partial charge in [-0.2, -0.15) is 11.3 Å². The number of nitrogens with one attached hydrogen (secondary N) is 2. The fourth-order valence-electron chi connectivity index (χ4n) is 2.31. The predicted molar refractivity (Wildman–Crippen MR) is 108 cm³/mol. The highest BCUT2D eigenvalue weighted by atomic mass is 32.2. The van der Waals surface area contributed by atoms with Gasteiger partial charge in [-0.1, -0.05) is 12.1 Å². The lowest BCUT2D eigenvalue weighted by Gasteiger charge is -2.11. The summed E-state index contributed by atoms with van der Waals surface area (Å²) in [5.74, 6) is 0.693. The van der Waals surface area contributed by atoms with E-state index in [4.69, 9.17) is 4.74 Å². The second-order valence-corrected chi connectivity index (χ2v) is 7.35. The van der Waals surface area contributed by atoms with Gasteiger partial charge >= 0.3 is 0 Å². The smallest absolute Gasteiger partial charge is 0.270 e. The quantitative estimate of drug-likeness (QED) is 0.484. The van der Waals surface area contributed by atoms with Gasteiger partial charge in [0.25, 0.3) is 11.8 Å². The Hall–Kier alpha value is -2.77. The van der Waals surface area contributed by atoms with Crippen molar-refractivity contribution in [3.05, 3.63) is 82.0 Å². The van der Waals surface area contributed by atoms with Gasteiger partial charge in [0.2, 0.25) is 0 Å². The zero-order chi connectivity index (χ0) is 19.1. The van der Waals surface area contributed by atoms with Gasteiger partial charge in [-0.05, 0) is 58.8 Å². The van der Waals surface area contributed by atoms with Crippen molar-refractivity contribution in [3.63, 3.8) is 0 Å². The number of carbonyl (C=O) groups is 2. The van der Waals surface area contributed by atoms with Gasteiger partial charge in [0.15, 0.2) is 0 Å². The lowest BCUT2D eigenvalue weighted by molar-refractivity contribution is 0.0845. The second kappa shape index (κ2) is 9.25. The van der Waals surface area contributed by atoms with Crippen molar-refractivity contribution < 1.29 is 14.3 Å². The summed E-state index contributed by atoms with van der Waals surface area (Å²) in [5.41, 5.74) is 7.09. The molecule has 0 bridgehead atoms. The van der Waals surface area contributed by atoms with Crippen molar-refractivity contribution in [2.24, 2.45) is 0 Å². The lowest BCUT2D eigenvalue weighted by atomic mass is 10.2. The molecule has 0 unspecified atom stereocenters. The van der Waals surface area contributed by atoms with Crippen LogP contribution in [0.1, 0.15) is 26.3 Å². The van der Waals surface area contributed by atoms with Crippen LogP contribution in [0.15, 0.2) is 70.3 Å². The maximum atomic E-state index is 12.5. The molecule has 0 atom stereocenters. The van der Waals surface area contributed by atoms with E-state index in [-0.39, 0.29) is 5.91 Å². The zero-order valence-electron chi connectivity index (χ0n) is 14.6. The van der Waals surface area contributed by atoms with Crippen molar-refractivity contribution in [1.29, 1.82) is 0 Å².